The van der Waals surface area contributed by atoms with Gasteiger partial charge in [-0.2, -0.15) is 0 Å². The molecule has 0 aromatic heterocycles. The van der Waals surface area contributed by atoms with E-state index in [2.05, 4.69) is 10.6 Å². The summed E-state index contributed by atoms with van der Waals surface area (Å²) in [5.74, 6) is 0. The predicted octanol–water partition coefficient (Wildman–Crippen LogP) is 1.03. The number of non-ortho nitro benzene ring substituents is 1. The second kappa shape index (κ2) is 5.01. The maximum Gasteiger partial charge on any atom is 0.321 e. The largest absolute Gasteiger partial charge is 0.322 e. The molecule has 7 nitrogen and oxygen atoms in total. The van der Waals surface area contributed by atoms with Gasteiger partial charge in [0.1, 0.15) is 0 Å². The molecule has 1 aliphatic heterocycles. The van der Waals surface area contributed by atoms with Crippen molar-refractivity contribution < 1.29 is 9.72 Å². The number of benzene rings is 1. The molecule has 2 N–H and O–H groups in total. The summed E-state index contributed by atoms with van der Waals surface area (Å²) >= 11 is 0. The third-order valence-corrected chi connectivity index (χ3v) is 2.94. The van der Waals surface area contributed by atoms with Crippen molar-refractivity contribution in [2.75, 3.05) is 25.5 Å². The van der Waals surface area contributed by atoms with Crippen LogP contribution in [0.3, 0.4) is 0 Å². The Morgan fingerprint density at radius 1 is 1.56 bits per heavy atom. The van der Waals surface area contributed by atoms with Gasteiger partial charge in [0.25, 0.3) is 5.69 Å². The van der Waals surface area contributed by atoms with E-state index in [0.717, 1.165) is 13.1 Å². The van der Waals surface area contributed by atoms with Crippen LogP contribution in [0.5, 0.6) is 0 Å². The summed E-state index contributed by atoms with van der Waals surface area (Å²) in [6, 6.07) is 5.81. The number of rotatable bonds is 3. The number of nitro groups is 1. The Labute approximate surface area is 104 Å². The molecule has 0 spiro atoms. The summed E-state index contributed by atoms with van der Waals surface area (Å²) in [4.78, 5) is 23.6. The Kier molecular flexibility index (Phi) is 3.42. The topological polar surface area (TPSA) is 87.5 Å². The van der Waals surface area contributed by atoms with E-state index in [0.29, 0.717) is 5.69 Å². The van der Waals surface area contributed by atoms with Gasteiger partial charge in [-0.3, -0.25) is 10.1 Å². The Morgan fingerprint density at radius 2 is 2.28 bits per heavy atom. The molecule has 0 unspecified atom stereocenters. The van der Waals surface area contributed by atoms with E-state index in [1.807, 2.05) is 0 Å². The Balaban J connectivity index is 2.02. The van der Waals surface area contributed by atoms with Gasteiger partial charge in [0, 0.05) is 38.0 Å². The summed E-state index contributed by atoms with van der Waals surface area (Å²) in [7, 11) is 1.71. The lowest BCUT2D eigenvalue weighted by Gasteiger charge is -2.35. The van der Waals surface area contributed by atoms with E-state index >= 15 is 0 Å². The van der Waals surface area contributed by atoms with Gasteiger partial charge in [-0.25, -0.2) is 4.79 Å². The van der Waals surface area contributed by atoms with E-state index in [-0.39, 0.29) is 17.8 Å². The maximum atomic E-state index is 11.8. The average molecular weight is 250 g/mol. The number of hydrogen-bond acceptors (Lipinski definition) is 4. The minimum atomic E-state index is -0.491. The maximum absolute atomic E-state index is 11.8. The number of anilines is 1. The number of carbonyl (C=O) groups is 1. The van der Waals surface area contributed by atoms with Crippen LogP contribution < -0.4 is 10.6 Å². The number of likely N-dealkylation sites (N-methyl/N-ethyl adjacent to an activating group) is 1. The highest BCUT2D eigenvalue weighted by atomic mass is 16.6. The fourth-order valence-electron chi connectivity index (χ4n) is 1.62. The van der Waals surface area contributed by atoms with Crippen molar-refractivity contribution in [1.29, 1.82) is 0 Å². The highest BCUT2D eigenvalue weighted by Crippen LogP contribution is 2.17. The van der Waals surface area contributed by atoms with Crippen LogP contribution in [0.25, 0.3) is 0 Å². The van der Waals surface area contributed by atoms with Crippen molar-refractivity contribution in [3.8, 4) is 0 Å². The second-order valence-corrected chi connectivity index (χ2v) is 4.16. The predicted molar refractivity (Wildman–Crippen MR) is 66.5 cm³/mol. The molecule has 7 heteroatoms. The zero-order valence-electron chi connectivity index (χ0n) is 9.92. The average Bonchev–Trinajstić information content (AvgIpc) is 2.26. The van der Waals surface area contributed by atoms with E-state index < -0.39 is 4.92 Å². The third kappa shape index (κ3) is 2.57. The summed E-state index contributed by atoms with van der Waals surface area (Å²) in [5, 5.41) is 16.3. The first-order valence-electron chi connectivity index (χ1n) is 5.57. The molecule has 0 bridgehead atoms. The SMILES string of the molecule is CN(C(=O)Nc1cccc([N+](=O)[O-])c1)C1CNC1. The minimum absolute atomic E-state index is 0.0410. The van der Waals surface area contributed by atoms with E-state index in [4.69, 9.17) is 0 Å². The van der Waals surface area contributed by atoms with E-state index in [1.54, 1.807) is 24.1 Å². The third-order valence-electron chi connectivity index (χ3n) is 2.94. The molecule has 0 aliphatic carbocycles. The fourth-order valence-corrected chi connectivity index (χ4v) is 1.62. The van der Waals surface area contributed by atoms with Crippen molar-refractivity contribution in [3.05, 3.63) is 34.4 Å². The normalized spacial score (nSPS) is 14.7. The van der Waals surface area contributed by atoms with Crippen molar-refractivity contribution in [1.82, 2.24) is 10.2 Å². The molecule has 1 aromatic rings. The molecule has 0 atom stereocenters. The molecule has 18 heavy (non-hydrogen) atoms. The van der Waals surface area contributed by atoms with Crippen molar-refractivity contribution in [2.45, 2.75) is 6.04 Å². The number of nitro benzene ring substituents is 1. The number of urea groups is 1. The molecule has 2 rings (SSSR count). The highest BCUT2D eigenvalue weighted by molar-refractivity contribution is 5.89. The lowest BCUT2D eigenvalue weighted by Crippen LogP contribution is -2.58. The highest BCUT2D eigenvalue weighted by Gasteiger charge is 2.25. The minimum Gasteiger partial charge on any atom is -0.322 e. The van der Waals surface area contributed by atoms with Crippen LogP contribution in [0.4, 0.5) is 16.2 Å². The molecule has 1 heterocycles. The number of nitrogens with one attached hydrogen (secondary N) is 2. The molecular weight excluding hydrogens is 236 g/mol. The van der Waals surface area contributed by atoms with Crippen molar-refractivity contribution in [2.24, 2.45) is 0 Å². The van der Waals surface area contributed by atoms with Crippen LogP contribution in [0.15, 0.2) is 24.3 Å². The van der Waals surface area contributed by atoms with Crippen molar-refractivity contribution in [3.63, 3.8) is 0 Å². The van der Waals surface area contributed by atoms with Crippen LogP contribution in [0, 0.1) is 10.1 Å². The van der Waals surface area contributed by atoms with Gasteiger partial charge in [-0.1, -0.05) is 6.07 Å². The fraction of sp³-hybridized carbons (Fsp3) is 0.364. The molecule has 2 amide bonds. The Bertz CT molecular complexity index is 473. The number of nitrogens with zero attached hydrogens (tertiary/aromatic N) is 2. The summed E-state index contributed by atoms with van der Waals surface area (Å²) < 4.78 is 0. The molecule has 1 fully saturated rings. The van der Waals surface area contributed by atoms with Gasteiger partial charge in [0.2, 0.25) is 0 Å². The van der Waals surface area contributed by atoms with Gasteiger partial charge in [-0.15, -0.1) is 0 Å². The van der Waals surface area contributed by atoms with Gasteiger partial charge >= 0.3 is 6.03 Å². The zero-order valence-corrected chi connectivity index (χ0v) is 9.92. The lowest BCUT2D eigenvalue weighted by molar-refractivity contribution is -0.384. The van der Waals surface area contributed by atoms with E-state index in [1.165, 1.54) is 12.1 Å². The van der Waals surface area contributed by atoms with Gasteiger partial charge < -0.3 is 15.5 Å². The monoisotopic (exact) mass is 250 g/mol. The number of hydrogen-bond donors (Lipinski definition) is 2. The Hall–Kier alpha value is -2.15. The lowest BCUT2D eigenvalue weighted by atomic mass is 10.1. The molecule has 0 saturated carbocycles. The van der Waals surface area contributed by atoms with Gasteiger partial charge in [-0.05, 0) is 6.07 Å². The zero-order chi connectivity index (χ0) is 13.1. The van der Waals surface area contributed by atoms with Crippen LogP contribution in [0.1, 0.15) is 0 Å². The molecule has 1 aliphatic rings. The van der Waals surface area contributed by atoms with Crippen LogP contribution in [-0.2, 0) is 0 Å². The molecule has 96 valence electrons. The first kappa shape index (κ1) is 12.3. The Morgan fingerprint density at radius 3 is 2.83 bits per heavy atom. The van der Waals surface area contributed by atoms with E-state index in [9.17, 15) is 14.9 Å². The quantitative estimate of drug-likeness (QED) is 0.619. The summed E-state index contributed by atoms with van der Waals surface area (Å²) in [5.41, 5.74) is 0.383. The molecule has 0 radical (unpaired) electrons. The van der Waals surface area contributed by atoms with Gasteiger partial charge in [0.15, 0.2) is 0 Å². The first-order valence-corrected chi connectivity index (χ1v) is 5.57. The van der Waals surface area contributed by atoms with Gasteiger partial charge in [0.05, 0.1) is 11.0 Å². The second-order valence-electron chi connectivity index (χ2n) is 4.16. The standard InChI is InChI=1S/C11H14N4O3/c1-14(10-6-12-7-10)11(16)13-8-3-2-4-9(5-8)15(17)18/h2-5,10,12H,6-7H2,1H3,(H,13,16). The smallest absolute Gasteiger partial charge is 0.321 e. The molecule has 1 aromatic carbocycles. The first-order chi connectivity index (χ1) is 8.58. The number of amides is 2. The van der Waals surface area contributed by atoms with Crippen molar-refractivity contribution >= 4 is 17.4 Å². The van der Waals surface area contributed by atoms with Crippen LogP contribution >= 0.6 is 0 Å². The van der Waals surface area contributed by atoms with Crippen LogP contribution in [0.2, 0.25) is 0 Å². The summed E-state index contributed by atoms with van der Waals surface area (Å²) in [6.07, 6.45) is 0. The van der Waals surface area contributed by atoms with Crippen LogP contribution in [-0.4, -0.2) is 42.0 Å². The molecular formula is C11H14N4O3. The summed E-state index contributed by atoms with van der Waals surface area (Å²) in [6.45, 7) is 1.55. The number of carbonyl (C=O) groups excluding carboxylic acids is 1. The molecule has 1 saturated heterocycles.